The molecule has 118 valence electrons. The zero-order chi connectivity index (χ0) is 16.2. The Morgan fingerprint density at radius 2 is 1.83 bits per heavy atom. The Morgan fingerprint density at radius 1 is 1.13 bits per heavy atom. The summed E-state index contributed by atoms with van der Waals surface area (Å²) in [5, 5.41) is 4.35. The van der Waals surface area contributed by atoms with Crippen molar-refractivity contribution in [2.75, 3.05) is 0 Å². The quantitative estimate of drug-likeness (QED) is 0.657. The van der Waals surface area contributed by atoms with E-state index >= 15 is 0 Å². The van der Waals surface area contributed by atoms with E-state index in [0.717, 1.165) is 24.1 Å². The van der Waals surface area contributed by atoms with Crippen molar-refractivity contribution in [1.29, 1.82) is 0 Å². The maximum absolute atomic E-state index is 12.3. The number of hydrogen-bond acceptors (Lipinski definition) is 2. The van der Waals surface area contributed by atoms with E-state index in [4.69, 9.17) is 0 Å². The Labute approximate surface area is 137 Å². The fraction of sp³-hybridized carbons (Fsp3) is 0.300. The van der Waals surface area contributed by atoms with Crippen LogP contribution in [-0.4, -0.2) is 11.6 Å². The molecule has 0 bridgehead atoms. The standard InChI is InChI=1S/C20H22N2O/c1-3-19(16-11-9-14(2)10-12-16)21-22-20(23)18-13-17(18)15-7-5-4-6-8-15/h4-12,17-18H,3,13H2,1-2H3,(H,22,23). The van der Waals surface area contributed by atoms with E-state index in [-0.39, 0.29) is 11.8 Å². The van der Waals surface area contributed by atoms with Crippen molar-refractivity contribution in [2.45, 2.75) is 32.6 Å². The zero-order valence-electron chi connectivity index (χ0n) is 13.6. The highest BCUT2D eigenvalue weighted by Crippen LogP contribution is 2.47. The van der Waals surface area contributed by atoms with Gasteiger partial charge in [0.1, 0.15) is 0 Å². The predicted octanol–water partition coefficient (Wildman–Crippen LogP) is 4.03. The van der Waals surface area contributed by atoms with Crippen LogP contribution in [0.1, 0.15) is 42.4 Å². The van der Waals surface area contributed by atoms with Crippen LogP contribution < -0.4 is 5.43 Å². The van der Waals surface area contributed by atoms with E-state index in [2.05, 4.69) is 48.6 Å². The largest absolute Gasteiger partial charge is 0.273 e. The first-order valence-electron chi connectivity index (χ1n) is 8.17. The van der Waals surface area contributed by atoms with Gasteiger partial charge in [-0.2, -0.15) is 5.10 Å². The van der Waals surface area contributed by atoms with Gasteiger partial charge in [0.15, 0.2) is 0 Å². The zero-order valence-corrected chi connectivity index (χ0v) is 13.6. The number of benzene rings is 2. The first-order valence-corrected chi connectivity index (χ1v) is 8.17. The van der Waals surface area contributed by atoms with E-state index in [9.17, 15) is 4.79 Å². The van der Waals surface area contributed by atoms with Crippen LogP contribution in [0.3, 0.4) is 0 Å². The maximum atomic E-state index is 12.3. The Kier molecular flexibility index (Phi) is 4.56. The molecule has 3 nitrogen and oxygen atoms in total. The van der Waals surface area contributed by atoms with Crippen molar-refractivity contribution in [1.82, 2.24) is 5.43 Å². The van der Waals surface area contributed by atoms with E-state index in [1.807, 2.05) is 30.3 Å². The maximum Gasteiger partial charge on any atom is 0.243 e. The molecule has 1 N–H and O–H groups in total. The molecule has 3 heteroatoms. The van der Waals surface area contributed by atoms with Crippen LogP contribution in [0.5, 0.6) is 0 Å². The summed E-state index contributed by atoms with van der Waals surface area (Å²) in [5.74, 6) is 0.421. The van der Waals surface area contributed by atoms with Crippen molar-refractivity contribution < 1.29 is 4.79 Å². The van der Waals surface area contributed by atoms with Crippen LogP contribution in [0.25, 0.3) is 0 Å². The molecule has 1 amide bonds. The number of amides is 1. The molecule has 1 aliphatic rings. The summed E-state index contributed by atoms with van der Waals surface area (Å²) in [6.07, 6.45) is 1.70. The molecule has 1 fully saturated rings. The molecular weight excluding hydrogens is 284 g/mol. The van der Waals surface area contributed by atoms with Crippen LogP contribution in [0.4, 0.5) is 0 Å². The van der Waals surface area contributed by atoms with E-state index in [0.29, 0.717) is 5.92 Å². The number of hydrazone groups is 1. The van der Waals surface area contributed by atoms with Crippen molar-refractivity contribution in [3.63, 3.8) is 0 Å². The van der Waals surface area contributed by atoms with Crippen LogP contribution in [0, 0.1) is 12.8 Å². The van der Waals surface area contributed by atoms with Gasteiger partial charge in [0.05, 0.1) is 5.71 Å². The Bertz CT molecular complexity index is 704. The van der Waals surface area contributed by atoms with Gasteiger partial charge < -0.3 is 0 Å². The van der Waals surface area contributed by atoms with Crippen molar-refractivity contribution >= 4 is 11.6 Å². The number of nitrogens with zero attached hydrogens (tertiary/aromatic N) is 1. The summed E-state index contributed by atoms with van der Waals surface area (Å²) in [6.45, 7) is 4.11. The average molecular weight is 306 g/mol. The Morgan fingerprint density at radius 3 is 2.48 bits per heavy atom. The molecule has 3 rings (SSSR count). The molecule has 23 heavy (non-hydrogen) atoms. The molecule has 0 aliphatic heterocycles. The fourth-order valence-electron chi connectivity index (χ4n) is 2.85. The lowest BCUT2D eigenvalue weighted by molar-refractivity contribution is -0.122. The highest BCUT2D eigenvalue weighted by Gasteiger charge is 2.43. The van der Waals surface area contributed by atoms with Gasteiger partial charge >= 0.3 is 0 Å². The fourth-order valence-corrected chi connectivity index (χ4v) is 2.85. The minimum Gasteiger partial charge on any atom is -0.273 e. The van der Waals surface area contributed by atoms with E-state index < -0.39 is 0 Å². The van der Waals surface area contributed by atoms with Gasteiger partial charge in [0.25, 0.3) is 0 Å². The van der Waals surface area contributed by atoms with Crippen LogP contribution >= 0.6 is 0 Å². The molecular formula is C20H22N2O. The second kappa shape index (κ2) is 6.78. The molecule has 0 aromatic heterocycles. The Hall–Kier alpha value is -2.42. The summed E-state index contributed by atoms with van der Waals surface area (Å²) in [6, 6.07) is 18.4. The number of aryl methyl sites for hydroxylation is 1. The van der Waals surface area contributed by atoms with Crippen LogP contribution in [0.15, 0.2) is 59.7 Å². The predicted molar refractivity (Wildman–Crippen MR) is 93.4 cm³/mol. The lowest BCUT2D eigenvalue weighted by Crippen LogP contribution is -2.22. The first-order chi connectivity index (χ1) is 11.2. The number of hydrogen-bond donors (Lipinski definition) is 1. The van der Waals surface area contributed by atoms with Crippen LogP contribution in [-0.2, 0) is 4.79 Å². The molecule has 2 atom stereocenters. The minimum atomic E-state index is 0.0249. The average Bonchev–Trinajstić information content (AvgIpc) is 3.38. The second-order valence-electron chi connectivity index (χ2n) is 6.11. The second-order valence-corrected chi connectivity index (χ2v) is 6.11. The lowest BCUT2D eigenvalue weighted by atomic mass is 10.1. The number of carbonyl (C=O) groups excluding carboxylic acids is 1. The number of nitrogens with one attached hydrogen (secondary N) is 1. The van der Waals surface area contributed by atoms with Crippen LogP contribution in [0.2, 0.25) is 0 Å². The van der Waals surface area contributed by atoms with Gasteiger partial charge in [0, 0.05) is 5.92 Å². The summed E-state index contributed by atoms with van der Waals surface area (Å²) >= 11 is 0. The third kappa shape index (κ3) is 3.67. The molecule has 0 saturated heterocycles. The monoisotopic (exact) mass is 306 g/mol. The van der Waals surface area contributed by atoms with Gasteiger partial charge in [0.2, 0.25) is 5.91 Å². The smallest absolute Gasteiger partial charge is 0.243 e. The van der Waals surface area contributed by atoms with Crippen molar-refractivity contribution in [3.05, 3.63) is 71.3 Å². The summed E-state index contributed by atoms with van der Waals surface area (Å²) in [7, 11) is 0. The van der Waals surface area contributed by atoms with E-state index in [1.165, 1.54) is 11.1 Å². The lowest BCUT2D eigenvalue weighted by Gasteiger charge is -2.06. The summed E-state index contributed by atoms with van der Waals surface area (Å²) < 4.78 is 0. The van der Waals surface area contributed by atoms with E-state index in [1.54, 1.807) is 0 Å². The van der Waals surface area contributed by atoms with Crippen molar-refractivity contribution in [3.8, 4) is 0 Å². The Balaban J connectivity index is 1.63. The molecule has 1 aliphatic carbocycles. The van der Waals surface area contributed by atoms with Gasteiger partial charge in [-0.1, -0.05) is 67.1 Å². The van der Waals surface area contributed by atoms with Gasteiger partial charge in [-0.3, -0.25) is 4.79 Å². The topological polar surface area (TPSA) is 41.5 Å². The van der Waals surface area contributed by atoms with Gasteiger partial charge in [-0.05, 0) is 36.8 Å². The molecule has 0 radical (unpaired) electrons. The molecule has 2 unspecified atom stereocenters. The highest BCUT2D eigenvalue weighted by molar-refractivity contribution is 6.01. The minimum absolute atomic E-state index is 0.0249. The molecule has 2 aromatic rings. The number of rotatable bonds is 5. The normalized spacial score (nSPS) is 20.2. The van der Waals surface area contributed by atoms with Gasteiger partial charge in [-0.15, -0.1) is 0 Å². The SMILES string of the molecule is CCC(=NNC(=O)C1CC1c1ccccc1)c1ccc(C)cc1. The molecule has 1 saturated carbocycles. The van der Waals surface area contributed by atoms with Crippen molar-refractivity contribution in [2.24, 2.45) is 11.0 Å². The summed E-state index contributed by atoms with van der Waals surface area (Å²) in [5.41, 5.74) is 7.19. The third-order valence-electron chi connectivity index (χ3n) is 4.38. The number of carbonyl (C=O) groups is 1. The molecule has 0 heterocycles. The van der Waals surface area contributed by atoms with Gasteiger partial charge in [-0.25, -0.2) is 5.43 Å². The summed E-state index contributed by atoms with van der Waals surface area (Å²) in [4.78, 5) is 12.3. The third-order valence-corrected chi connectivity index (χ3v) is 4.38. The first kappa shape index (κ1) is 15.5. The molecule has 2 aromatic carbocycles. The molecule has 0 spiro atoms. The highest BCUT2D eigenvalue weighted by atomic mass is 16.2.